The molecular weight excluding hydrogens is 272 g/mol. The van der Waals surface area contributed by atoms with Crippen molar-refractivity contribution in [2.75, 3.05) is 31.1 Å². The molecule has 0 aromatic heterocycles. The van der Waals surface area contributed by atoms with E-state index < -0.39 is 0 Å². The molecule has 1 aliphatic rings. The van der Waals surface area contributed by atoms with Crippen molar-refractivity contribution in [3.63, 3.8) is 0 Å². The number of piperidine rings is 1. The van der Waals surface area contributed by atoms with Crippen LogP contribution in [0.15, 0.2) is 24.3 Å². The minimum absolute atomic E-state index is 0.0243. The number of nitrogens with zero attached hydrogens (tertiary/aromatic N) is 2. The van der Waals surface area contributed by atoms with Crippen LogP contribution < -0.4 is 16.0 Å². The molecule has 1 aliphatic heterocycles. The first-order chi connectivity index (χ1) is 10.1. The van der Waals surface area contributed by atoms with Crippen molar-refractivity contribution in [1.82, 2.24) is 5.32 Å². The average Bonchev–Trinajstić information content (AvgIpc) is 2.52. The second-order valence-electron chi connectivity index (χ2n) is 5.11. The molecule has 0 aliphatic carbocycles. The van der Waals surface area contributed by atoms with E-state index in [1.54, 1.807) is 18.2 Å². The van der Waals surface area contributed by atoms with Gasteiger partial charge >= 0.3 is 0 Å². The third kappa shape index (κ3) is 3.69. The number of nitro benzene ring substituents is 1. The molecule has 1 amide bonds. The van der Waals surface area contributed by atoms with Gasteiger partial charge in [-0.15, -0.1) is 0 Å². The molecule has 114 valence electrons. The first-order valence-electron chi connectivity index (χ1n) is 7.09. The maximum absolute atomic E-state index is 12.0. The summed E-state index contributed by atoms with van der Waals surface area (Å²) in [5, 5.41) is 13.9. The number of para-hydroxylation sites is 2. The summed E-state index contributed by atoms with van der Waals surface area (Å²) in [7, 11) is 0. The summed E-state index contributed by atoms with van der Waals surface area (Å²) in [6.45, 7) is 2.10. The molecule has 1 aromatic carbocycles. The van der Waals surface area contributed by atoms with Crippen molar-refractivity contribution in [3.05, 3.63) is 34.4 Å². The lowest BCUT2D eigenvalue weighted by Crippen LogP contribution is -2.44. The highest BCUT2D eigenvalue weighted by molar-refractivity contribution is 5.80. The second kappa shape index (κ2) is 7.03. The Kier molecular flexibility index (Phi) is 5.10. The van der Waals surface area contributed by atoms with E-state index in [1.807, 2.05) is 4.90 Å². The lowest BCUT2D eigenvalue weighted by molar-refractivity contribution is -0.384. The van der Waals surface area contributed by atoms with Crippen LogP contribution in [0.4, 0.5) is 11.4 Å². The summed E-state index contributed by atoms with van der Waals surface area (Å²) < 4.78 is 0. The van der Waals surface area contributed by atoms with Crippen molar-refractivity contribution in [2.24, 2.45) is 11.7 Å². The van der Waals surface area contributed by atoms with Gasteiger partial charge in [-0.1, -0.05) is 12.1 Å². The summed E-state index contributed by atoms with van der Waals surface area (Å²) in [6.07, 6.45) is 1.64. The van der Waals surface area contributed by atoms with E-state index >= 15 is 0 Å². The van der Waals surface area contributed by atoms with E-state index in [0.29, 0.717) is 25.3 Å². The highest BCUT2D eigenvalue weighted by Gasteiger charge is 2.28. The number of rotatable bonds is 5. The molecule has 0 radical (unpaired) electrons. The zero-order chi connectivity index (χ0) is 15.2. The Morgan fingerprint density at radius 3 is 2.95 bits per heavy atom. The van der Waals surface area contributed by atoms with Gasteiger partial charge in [0, 0.05) is 32.2 Å². The second-order valence-corrected chi connectivity index (χ2v) is 5.11. The monoisotopic (exact) mass is 292 g/mol. The predicted octanol–water partition coefficient (Wildman–Crippen LogP) is 0.886. The van der Waals surface area contributed by atoms with Crippen LogP contribution in [0, 0.1) is 16.0 Å². The standard InChI is InChI=1S/C14H20N4O3/c15-7-8-16-14(19)11-4-3-9-17(10-11)12-5-1-2-6-13(12)18(20)21/h1-2,5-6,11H,3-4,7-10,15H2,(H,16,19). The van der Waals surface area contributed by atoms with E-state index in [2.05, 4.69) is 5.32 Å². The van der Waals surface area contributed by atoms with Gasteiger partial charge < -0.3 is 16.0 Å². The van der Waals surface area contributed by atoms with Gasteiger partial charge in [0.1, 0.15) is 5.69 Å². The highest BCUT2D eigenvalue weighted by Crippen LogP contribution is 2.31. The minimum Gasteiger partial charge on any atom is -0.365 e. The highest BCUT2D eigenvalue weighted by atomic mass is 16.6. The number of hydrogen-bond donors (Lipinski definition) is 2. The van der Waals surface area contributed by atoms with E-state index in [9.17, 15) is 14.9 Å². The largest absolute Gasteiger partial charge is 0.365 e. The topological polar surface area (TPSA) is 102 Å². The zero-order valence-corrected chi connectivity index (χ0v) is 11.8. The van der Waals surface area contributed by atoms with Gasteiger partial charge in [-0.2, -0.15) is 0 Å². The number of nitrogens with two attached hydrogens (primary N) is 1. The summed E-state index contributed by atoms with van der Waals surface area (Å²) >= 11 is 0. The van der Waals surface area contributed by atoms with Gasteiger partial charge in [0.05, 0.1) is 10.8 Å². The minimum atomic E-state index is -0.382. The Labute approximate surface area is 123 Å². The summed E-state index contributed by atoms with van der Waals surface area (Å²) in [4.78, 5) is 24.7. The van der Waals surface area contributed by atoms with E-state index in [1.165, 1.54) is 6.07 Å². The fourth-order valence-electron chi connectivity index (χ4n) is 2.64. The van der Waals surface area contributed by atoms with Crippen molar-refractivity contribution in [3.8, 4) is 0 Å². The average molecular weight is 292 g/mol. The van der Waals surface area contributed by atoms with Crippen molar-refractivity contribution in [1.29, 1.82) is 0 Å². The molecule has 0 spiro atoms. The van der Waals surface area contributed by atoms with Crippen LogP contribution in [0.5, 0.6) is 0 Å². The molecule has 7 nitrogen and oxygen atoms in total. The van der Waals surface area contributed by atoms with Crippen LogP contribution in [0.3, 0.4) is 0 Å². The van der Waals surface area contributed by atoms with Crippen molar-refractivity contribution in [2.45, 2.75) is 12.8 Å². The molecule has 1 atom stereocenters. The fraction of sp³-hybridized carbons (Fsp3) is 0.500. The van der Waals surface area contributed by atoms with Gasteiger partial charge in [-0.05, 0) is 18.9 Å². The van der Waals surface area contributed by atoms with Crippen LogP contribution in [-0.2, 0) is 4.79 Å². The molecule has 1 saturated heterocycles. The normalized spacial score (nSPS) is 18.3. The molecule has 3 N–H and O–H groups in total. The quantitative estimate of drug-likeness (QED) is 0.620. The van der Waals surface area contributed by atoms with E-state index in [0.717, 1.165) is 19.4 Å². The lowest BCUT2D eigenvalue weighted by Gasteiger charge is -2.33. The molecule has 7 heteroatoms. The molecule has 1 fully saturated rings. The van der Waals surface area contributed by atoms with E-state index in [4.69, 9.17) is 5.73 Å². The number of carbonyl (C=O) groups excluding carboxylic acids is 1. The number of amides is 1. The van der Waals surface area contributed by atoms with Gasteiger partial charge in [-0.3, -0.25) is 14.9 Å². The summed E-state index contributed by atoms with van der Waals surface area (Å²) in [5.41, 5.74) is 6.04. The van der Waals surface area contributed by atoms with Crippen LogP contribution in [-0.4, -0.2) is 37.0 Å². The smallest absolute Gasteiger partial charge is 0.292 e. The molecular formula is C14H20N4O3. The number of nitrogens with one attached hydrogen (secondary N) is 1. The first-order valence-corrected chi connectivity index (χ1v) is 7.09. The molecule has 0 bridgehead atoms. The number of anilines is 1. The van der Waals surface area contributed by atoms with E-state index in [-0.39, 0.29) is 22.4 Å². The third-order valence-electron chi connectivity index (χ3n) is 3.65. The Hall–Kier alpha value is -2.15. The Morgan fingerprint density at radius 1 is 1.48 bits per heavy atom. The Balaban J connectivity index is 2.11. The number of hydrogen-bond acceptors (Lipinski definition) is 5. The van der Waals surface area contributed by atoms with Crippen LogP contribution in [0.25, 0.3) is 0 Å². The summed E-state index contributed by atoms with van der Waals surface area (Å²) in [6, 6.07) is 6.66. The van der Waals surface area contributed by atoms with Gasteiger partial charge in [0.2, 0.25) is 5.91 Å². The molecule has 1 unspecified atom stereocenters. The molecule has 1 heterocycles. The molecule has 1 aromatic rings. The van der Waals surface area contributed by atoms with Crippen molar-refractivity contribution < 1.29 is 9.72 Å². The van der Waals surface area contributed by atoms with Gasteiger partial charge in [-0.25, -0.2) is 0 Å². The zero-order valence-electron chi connectivity index (χ0n) is 11.8. The SMILES string of the molecule is NCCNC(=O)C1CCCN(c2ccccc2[N+](=O)[O-])C1. The molecule has 21 heavy (non-hydrogen) atoms. The van der Waals surface area contributed by atoms with Crippen molar-refractivity contribution >= 4 is 17.3 Å². The van der Waals surface area contributed by atoms with Crippen LogP contribution in [0.1, 0.15) is 12.8 Å². The maximum Gasteiger partial charge on any atom is 0.292 e. The summed E-state index contributed by atoms with van der Waals surface area (Å²) in [5.74, 6) is -0.172. The lowest BCUT2D eigenvalue weighted by atomic mass is 9.96. The molecule has 2 rings (SSSR count). The Morgan fingerprint density at radius 2 is 2.24 bits per heavy atom. The number of carbonyl (C=O) groups is 1. The van der Waals surface area contributed by atoms with Crippen LogP contribution >= 0.6 is 0 Å². The number of nitro groups is 1. The number of benzene rings is 1. The first kappa shape index (κ1) is 15.2. The van der Waals surface area contributed by atoms with Gasteiger partial charge in [0.25, 0.3) is 5.69 Å². The maximum atomic E-state index is 12.0. The molecule has 0 saturated carbocycles. The Bertz CT molecular complexity index is 521. The van der Waals surface area contributed by atoms with Gasteiger partial charge in [0.15, 0.2) is 0 Å². The van der Waals surface area contributed by atoms with Crippen LogP contribution in [0.2, 0.25) is 0 Å². The predicted molar refractivity (Wildman–Crippen MR) is 80.1 cm³/mol. The third-order valence-corrected chi connectivity index (χ3v) is 3.65. The fourth-order valence-corrected chi connectivity index (χ4v) is 2.64.